The molecular formula is C10H21N3O3S. The first-order chi connectivity index (χ1) is 8.05. The Kier molecular flexibility index (Phi) is 5.87. The first-order valence-electron chi connectivity index (χ1n) is 6.01. The van der Waals surface area contributed by atoms with Gasteiger partial charge in [-0.1, -0.05) is 0 Å². The number of hydrogen-bond donors (Lipinski definition) is 3. The van der Waals surface area contributed by atoms with Gasteiger partial charge in [-0.2, -0.15) is 0 Å². The van der Waals surface area contributed by atoms with E-state index in [0.717, 1.165) is 19.4 Å². The highest BCUT2D eigenvalue weighted by Crippen LogP contribution is 2.09. The van der Waals surface area contributed by atoms with Crippen LogP contribution in [0.4, 0.5) is 0 Å². The lowest BCUT2D eigenvalue weighted by Crippen LogP contribution is -2.43. The van der Waals surface area contributed by atoms with Crippen molar-refractivity contribution in [3.63, 3.8) is 0 Å². The Hall–Kier alpha value is -0.660. The van der Waals surface area contributed by atoms with E-state index in [4.69, 9.17) is 0 Å². The third-order valence-corrected chi connectivity index (χ3v) is 4.20. The van der Waals surface area contributed by atoms with E-state index in [1.54, 1.807) is 6.92 Å². The maximum atomic E-state index is 11.7. The van der Waals surface area contributed by atoms with Gasteiger partial charge in [0.15, 0.2) is 0 Å². The van der Waals surface area contributed by atoms with Crippen LogP contribution in [0.3, 0.4) is 0 Å². The predicted octanol–water partition coefficient (Wildman–Crippen LogP) is -0.958. The summed E-state index contributed by atoms with van der Waals surface area (Å²) in [4.78, 5) is 11.7. The number of sulfonamides is 1. The summed E-state index contributed by atoms with van der Waals surface area (Å²) in [5.41, 5.74) is 0. The summed E-state index contributed by atoms with van der Waals surface area (Å²) in [6.45, 7) is 3.86. The average Bonchev–Trinajstić information content (AvgIpc) is 2.35. The Bertz CT molecular complexity index is 337. The monoisotopic (exact) mass is 263 g/mol. The van der Waals surface area contributed by atoms with Gasteiger partial charge in [-0.05, 0) is 26.3 Å². The molecular weight excluding hydrogens is 242 g/mol. The SMILES string of the molecule is CCS(=O)(=O)NCCNC(=O)C1CCCNC1. The molecule has 0 saturated carbocycles. The van der Waals surface area contributed by atoms with Crippen LogP contribution in [0.25, 0.3) is 0 Å². The van der Waals surface area contributed by atoms with E-state index < -0.39 is 10.0 Å². The zero-order chi connectivity index (χ0) is 12.7. The third-order valence-electron chi connectivity index (χ3n) is 2.79. The molecule has 1 saturated heterocycles. The molecule has 1 fully saturated rings. The molecule has 1 rings (SSSR count). The van der Waals surface area contributed by atoms with E-state index in [0.29, 0.717) is 13.1 Å². The van der Waals surface area contributed by atoms with Gasteiger partial charge >= 0.3 is 0 Å². The van der Waals surface area contributed by atoms with Crippen molar-refractivity contribution in [3.05, 3.63) is 0 Å². The fourth-order valence-electron chi connectivity index (χ4n) is 1.71. The number of hydrogen-bond acceptors (Lipinski definition) is 4. The lowest BCUT2D eigenvalue weighted by molar-refractivity contribution is -0.125. The molecule has 6 nitrogen and oxygen atoms in total. The van der Waals surface area contributed by atoms with Gasteiger partial charge in [0.25, 0.3) is 0 Å². The first kappa shape index (κ1) is 14.4. The molecule has 0 aliphatic carbocycles. The Labute approximate surface area is 103 Å². The van der Waals surface area contributed by atoms with Gasteiger partial charge in [0.05, 0.1) is 11.7 Å². The summed E-state index contributed by atoms with van der Waals surface area (Å²) in [6.07, 6.45) is 1.92. The lowest BCUT2D eigenvalue weighted by atomic mass is 9.99. The Morgan fingerprint density at radius 3 is 2.76 bits per heavy atom. The minimum atomic E-state index is -3.16. The molecule has 1 unspecified atom stereocenters. The fourth-order valence-corrected chi connectivity index (χ4v) is 2.33. The molecule has 7 heteroatoms. The Morgan fingerprint density at radius 1 is 1.41 bits per heavy atom. The van der Waals surface area contributed by atoms with E-state index >= 15 is 0 Å². The fraction of sp³-hybridized carbons (Fsp3) is 0.900. The molecule has 0 spiro atoms. The third kappa shape index (κ3) is 5.47. The number of amides is 1. The van der Waals surface area contributed by atoms with Crippen molar-refractivity contribution in [3.8, 4) is 0 Å². The maximum Gasteiger partial charge on any atom is 0.224 e. The summed E-state index contributed by atoms with van der Waals surface area (Å²) < 4.78 is 24.6. The summed E-state index contributed by atoms with van der Waals surface area (Å²) in [5.74, 6) is 0.0902. The minimum absolute atomic E-state index is 0.00731. The summed E-state index contributed by atoms with van der Waals surface area (Å²) in [5, 5.41) is 5.91. The van der Waals surface area contributed by atoms with Gasteiger partial charge in [0.2, 0.25) is 15.9 Å². The molecule has 17 heavy (non-hydrogen) atoms. The molecule has 0 aromatic carbocycles. The summed E-state index contributed by atoms with van der Waals surface area (Å²) >= 11 is 0. The van der Waals surface area contributed by atoms with Gasteiger partial charge in [-0.25, -0.2) is 13.1 Å². The topological polar surface area (TPSA) is 87.3 Å². The largest absolute Gasteiger partial charge is 0.355 e. The number of carbonyl (C=O) groups is 1. The van der Waals surface area contributed by atoms with Crippen LogP contribution in [0.5, 0.6) is 0 Å². The van der Waals surface area contributed by atoms with E-state index in [1.165, 1.54) is 0 Å². The first-order valence-corrected chi connectivity index (χ1v) is 7.66. The van der Waals surface area contributed by atoms with Crippen molar-refractivity contribution in [1.82, 2.24) is 15.4 Å². The predicted molar refractivity (Wildman–Crippen MR) is 66.1 cm³/mol. The highest BCUT2D eigenvalue weighted by molar-refractivity contribution is 7.89. The second kappa shape index (κ2) is 6.93. The molecule has 0 bridgehead atoms. The van der Waals surface area contributed by atoms with E-state index in [-0.39, 0.29) is 24.1 Å². The highest BCUT2D eigenvalue weighted by atomic mass is 32.2. The summed E-state index contributed by atoms with van der Waals surface area (Å²) in [7, 11) is -3.16. The van der Waals surface area contributed by atoms with Crippen LogP contribution >= 0.6 is 0 Å². The van der Waals surface area contributed by atoms with E-state index in [2.05, 4.69) is 15.4 Å². The number of nitrogens with one attached hydrogen (secondary N) is 3. The van der Waals surface area contributed by atoms with Gasteiger partial charge < -0.3 is 10.6 Å². The van der Waals surface area contributed by atoms with Crippen molar-refractivity contribution >= 4 is 15.9 Å². The van der Waals surface area contributed by atoms with Crippen LogP contribution in [0.1, 0.15) is 19.8 Å². The number of piperidine rings is 1. The van der Waals surface area contributed by atoms with Gasteiger partial charge in [-0.15, -0.1) is 0 Å². The van der Waals surface area contributed by atoms with Gasteiger partial charge in [0, 0.05) is 19.6 Å². The zero-order valence-electron chi connectivity index (χ0n) is 10.2. The Morgan fingerprint density at radius 2 is 2.18 bits per heavy atom. The molecule has 1 amide bonds. The zero-order valence-corrected chi connectivity index (χ0v) is 11.0. The number of rotatable bonds is 6. The number of carbonyl (C=O) groups excluding carboxylic acids is 1. The molecule has 0 radical (unpaired) electrons. The highest BCUT2D eigenvalue weighted by Gasteiger charge is 2.20. The molecule has 100 valence electrons. The molecule has 1 aliphatic heterocycles. The smallest absolute Gasteiger partial charge is 0.224 e. The standard InChI is InChI=1S/C10H21N3O3S/c1-2-17(15,16)13-7-6-12-10(14)9-4-3-5-11-8-9/h9,11,13H,2-8H2,1H3,(H,12,14). The van der Waals surface area contributed by atoms with Crippen molar-refractivity contribution in [1.29, 1.82) is 0 Å². The van der Waals surface area contributed by atoms with Crippen LogP contribution in [0.15, 0.2) is 0 Å². The average molecular weight is 263 g/mol. The van der Waals surface area contributed by atoms with Crippen LogP contribution in [0.2, 0.25) is 0 Å². The van der Waals surface area contributed by atoms with E-state index in [1.807, 2.05) is 0 Å². The molecule has 3 N–H and O–H groups in total. The minimum Gasteiger partial charge on any atom is -0.355 e. The second-order valence-electron chi connectivity index (χ2n) is 4.13. The second-order valence-corrected chi connectivity index (χ2v) is 6.23. The van der Waals surface area contributed by atoms with E-state index in [9.17, 15) is 13.2 Å². The van der Waals surface area contributed by atoms with Crippen molar-refractivity contribution < 1.29 is 13.2 Å². The molecule has 1 heterocycles. The molecule has 0 aromatic rings. The van der Waals surface area contributed by atoms with Crippen molar-refractivity contribution in [2.24, 2.45) is 5.92 Å². The van der Waals surface area contributed by atoms with Crippen LogP contribution in [0, 0.1) is 5.92 Å². The lowest BCUT2D eigenvalue weighted by Gasteiger charge is -2.21. The van der Waals surface area contributed by atoms with Gasteiger partial charge in [0.1, 0.15) is 0 Å². The van der Waals surface area contributed by atoms with Crippen molar-refractivity contribution in [2.45, 2.75) is 19.8 Å². The normalized spacial score (nSPS) is 21.1. The van der Waals surface area contributed by atoms with Crippen LogP contribution in [-0.2, 0) is 14.8 Å². The maximum absolute atomic E-state index is 11.7. The molecule has 1 aliphatic rings. The van der Waals surface area contributed by atoms with Gasteiger partial charge in [-0.3, -0.25) is 4.79 Å². The Balaban J connectivity index is 2.15. The van der Waals surface area contributed by atoms with Crippen LogP contribution < -0.4 is 15.4 Å². The van der Waals surface area contributed by atoms with Crippen molar-refractivity contribution in [2.75, 3.05) is 31.9 Å². The molecule has 1 atom stereocenters. The van der Waals surface area contributed by atoms with Crippen LogP contribution in [-0.4, -0.2) is 46.3 Å². The summed E-state index contributed by atoms with van der Waals surface area (Å²) in [6, 6.07) is 0. The molecule has 0 aromatic heterocycles. The quantitative estimate of drug-likeness (QED) is 0.539.